The molecule has 0 radical (unpaired) electrons. The van der Waals surface area contributed by atoms with Crippen LogP contribution in [0.2, 0.25) is 0 Å². The van der Waals surface area contributed by atoms with Crippen LogP contribution in [0.4, 0.5) is 5.69 Å². The zero-order valence-corrected chi connectivity index (χ0v) is 8.61. The smallest absolute Gasteiger partial charge is 0.240 e. The van der Waals surface area contributed by atoms with Gasteiger partial charge in [-0.1, -0.05) is 37.3 Å². The van der Waals surface area contributed by atoms with Gasteiger partial charge in [0.15, 0.2) is 5.76 Å². The first kappa shape index (κ1) is 10.1. The number of hydrogen-bond acceptors (Lipinski definition) is 4. The van der Waals surface area contributed by atoms with E-state index in [2.05, 4.69) is 10.1 Å². The molecule has 80 valence electrons. The van der Waals surface area contributed by atoms with Gasteiger partial charge in [-0.15, -0.1) is 0 Å². The van der Waals surface area contributed by atoms with Gasteiger partial charge in [-0.2, -0.15) is 4.99 Å². The van der Waals surface area contributed by atoms with Crippen LogP contribution in [0.15, 0.2) is 15.7 Å². The number of aromatic nitrogens is 1. The average molecular weight is 206 g/mol. The molecule has 0 atom stereocenters. The lowest BCUT2D eigenvalue weighted by Gasteiger charge is -2.19. The molecule has 0 saturated heterocycles. The maximum Gasteiger partial charge on any atom is 0.240 e. The minimum Gasteiger partial charge on any atom is -0.359 e. The second-order valence-electron chi connectivity index (χ2n) is 4.05. The summed E-state index contributed by atoms with van der Waals surface area (Å²) in [5, 5.41) is 3.66. The quantitative estimate of drug-likeness (QED) is 0.564. The van der Waals surface area contributed by atoms with Crippen molar-refractivity contribution in [2.45, 2.75) is 38.5 Å². The zero-order chi connectivity index (χ0) is 10.5. The zero-order valence-electron chi connectivity index (χ0n) is 8.61. The molecular weight excluding hydrogens is 192 g/mol. The van der Waals surface area contributed by atoms with Crippen molar-refractivity contribution in [1.29, 1.82) is 0 Å². The van der Waals surface area contributed by atoms with E-state index < -0.39 is 0 Å². The van der Waals surface area contributed by atoms with Gasteiger partial charge in [0.05, 0.1) is 6.20 Å². The van der Waals surface area contributed by atoms with E-state index >= 15 is 0 Å². The van der Waals surface area contributed by atoms with Crippen molar-refractivity contribution in [2.75, 3.05) is 0 Å². The van der Waals surface area contributed by atoms with Gasteiger partial charge in [0, 0.05) is 6.42 Å². The van der Waals surface area contributed by atoms with E-state index in [0.717, 1.165) is 12.2 Å². The summed E-state index contributed by atoms with van der Waals surface area (Å²) in [6.07, 6.45) is 10.3. The monoisotopic (exact) mass is 206 g/mol. The van der Waals surface area contributed by atoms with Crippen molar-refractivity contribution >= 4 is 11.8 Å². The maximum atomic E-state index is 10.2. The van der Waals surface area contributed by atoms with Gasteiger partial charge in [-0.3, -0.25) is 0 Å². The number of nitrogens with zero attached hydrogens (tertiary/aromatic N) is 2. The Balaban J connectivity index is 2.02. The van der Waals surface area contributed by atoms with Crippen LogP contribution in [0.25, 0.3) is 0 Å². The van der Waals surface area contributed by atoms with E-state index in [4.69, 9.17) is 4.52 Å². The van der Waals surface area contributed by atoms with Crippen LogP contribution in [-0.4, -0.2) is 11.2 Å². The third kappa shape index (κ3) is 2.54. The second-order valence-corrected chi connectivity index (χ2v) is 4.05. The lowest BCUT2D eigenvalue weighted by molar-refractivity contribution is 0.310. The molecule has 2 rings (SSSR count). The van der Waals surface area contributed by atoms with Crippen LogP contribution >= 0.6 is 0 Å². The van der Waals surface area contributed by atoms with Crippen LogP contribution in [0.3, 0.4) is 0 Å². The number of isocyanates is 1. The molecule has 0 unspecified atom stereocenters. The lowest BCUT2D eigenvalue weighted by atomic mass is 9.86. The Labute approximate surface area is 88.4 Å². The van der Waals surface area contributed by atoms with Crippen LogP contribution in [0, 0.1) is 5.92 Å². The average Bonchev–Trinajstić information content (AvgIpc) is 2.68. The van der Waals surface area contributed by atoms with Crippen LogP contribution in [0.1, 0.15) is 37.9 Å². The summed E-state index contributed by atoms with van der Waals surface area (Å²) in [6.45, 7) is 0. The Morgan fingerprint density at radius 3 is 3.00 bits per heavy atom. The van der Waals surface area contributed by atoms with Crippen molar-refractivity contribution in [1.82, 2.24) is 5.16 Å². The molecule has 0 spiro atoms. The van der Waals surface area contributed by atoms with Crippen molar-refractivity contribution in [3.63, 3.8) is 0 Å². The highest BCUT2D eigenvalue weighted by molar-refractivity contribution is 5.49. The molecule has 1 heterocycles. The van der Waals surface area contributed by atoms with E-state index in [1.165, 1.54) is 44.4 Å². The van der Waals surface area contributed by atoms with Gasteiger partial charge in [0.1, 0.15) is 5.69 Å². The SMILES string of the molecule is O=C=Nc1cnoc1CC1CCCCC1. The minimum absolute atomic E-state index is 0.538. The molecule has 1 aromatic rings. The molecular formula is C11H14N2O2. The first-order chi connectivity index (χ1) is 7.40. The first-order valence-corrected chi connectivity index (χ1v) is 5.41. The number of rotatable bonds is 3. The summed E-state index contributed by atoms with van der Waals surface area (Å²) in [7, 11) is 0. The van der Waals surface area contributed by atoms with E-state index in [-0.39, 0.29) is 0 Å². The highest BCUT2D eigenvalue weighted by Crippen LogP contribution is 2.29. The van der Waals surface area contributed by atoms with Crippen LogP contribution in [0.5, 0.6) is 0 Å². The molecule has 1 fully saturated rings. The molecule has 4 heteroatoms. The number of aliphatic imine (C=N–C) groups is 1. The third-order valence-electron chi connectivity index (χ3n) is 2.99. The topological polar surface area (TPSA) is 55.5 Å². The van der Waals surface area contributed by atoms with Crippen molar-refractivity contribution < 1.29 is 9.32 Å². The molecule has 0 aliphatic heterocycles. The highest BCUT2D eigenvalue weighted by atomic mass is 16.5. The summed E-state index contributed by atoms with van der Waals surface area (Å²) < 4.78 is 5.10. The fourth-order valence-electron chi connectivity index (χ4n) is 2.19. The van der Waals surface area contributed by atoms with Crippen molar-refractivity contribution in [3.8, 4) is 0 Å². The summed E-state index contributed by atoms with van der Waals surface area (Å²) in [5.74, 6) is 1.39. The Kier molecular flexibility index (Phi) is 3.30. The third-order valence-corrected chi connectivity index (χ3v) is 2.99. The predicted molar refractivity (Wildman–Crippen MR) is 54.6 cm³/mol. The van der Waals surface area contributed by atoms with Gasteiger partial charge < -0.3 is 4.52 Å². The van der Waals surface area contributed by atoms with E-state index in [9.17, 15) is 4.79 Å². The van der Waals surface area contributed by atoms with Gasteiger partial charge in [0.2, 0.25) is 6.08 Å². The molecule has 15 heavy (non-hydrogen) atoms. The predicted octanol–water partition coefficient (Wildman–Crippen LogP) is 2.76. The summed E-state index contributed by atoms with van der Waals surface area (Å²) in [5.41, 5.74) is 0.538. The Hall–Kier alpha value is -1.41. The molecule has 1 aliphatic rings. The fourth-order valence-corrected chi connectivity index (χ4v) is 2.19. The first-order valence-electron chi connectivity index (χ1n) is 5.41. The Morgan fingerprint density at radius 1 is 1.47 bits per heavy atom. The summed E-state index contributed by atoms with van der Waals surface area (Å²) >= 11 is 0. The number of carbonyl (C=O) groups excluding carboxylic acids is 1. The van der Waals surface area contributed by atoms with Gasteiger partial charge in [0.25, 0.3) is 0 Å². The van der Waals surface area contributed by atoms with E-state index in [1.54, 1.807) is 0 Å². The summed E-state index contributed by atoms with van der Waals surface area (Å²) in [6, 6.07) is 0. The molecule has 1 aliphatic carbocycles. The molecule has 0 N–H and O–H groups in total. The molecule has 1 saturated carbocycles. The Bertz CT molecular complexity index is 360. The minimum atomic E-state index is 0.538. The van der Waals surface area contributed by atoms with Crippen LogP contribution < -0.4 is 0 Å². The van der Waals surface area contributed by atoms with Crippen molar-refractivity contribution in [2.24, 2.45) is 10.9 Å². The largest absolute Gasteiger partial charge is 0.359 e. The van der Waals surface area contributed by atoms with Gasteiger partial charge in [-0.05, 0) is 5.92 Å². The van der Waals surface area contributed by atoms with Crippen LogP contribution in [-0.2, 0) is 11.2 Å². The highest BCUT2D eigenvalue weighted by Gasteiger charge is 2.18. The normalized spacial score (nSPS) is 17.3. The van der Waals surface area contributed by atoms with Crippen molar-refractivity contribution in [3.05, 3.63) is 12.0 Å². The summed E-state index contributed by atoms with van der Waals surface area (Å²) in [4.78, 5) is 13.7. The molecule has 0 aromatic carbocycles. The van der Waals surface area contributed by atoms with Gasteiger partial charge in [-0.25, -0.2) is 4.79 Å². The lowest BCUT2D eigenvalue weighted by Crippen LogP contribution is -2.08. The van der Waals surface area contributed by atoms with E-state index in [0.29, 0.717) is 11.6 Å². The maximum absolute atomic E-state index is 10.2. The molecule has 1 aromatic heterocycles. The second kappa shape index (κ2) is 4.89. The molecule has 0 bridgehead atoms. The molecule has 4 nitrogen and oxygen atoms in total. The Morgan fingerprint density at radius 2 is 2.27 bits per heavy atom. The van der Waals surface area contributed by atoms with E-state index in [1.807, 2.05) is 0 Å². The van der Waals surface area contributed by atoms with Gasteiger partial charge >= 0.3 is 0 Å². The number of hydrogen-bond donors (Lipinski definition) is 0. The standard InChI is InChI=1S/C11H14N2O2/c14-8-12-10-7-13-15-11(10)6-9-4-2-1-3-5-9/h7,9H,1-6H2. The fraction of sp³-hybridized carbons (Fsp3) is 0.636. The molecule has 0 amide bonds.